The Morgan fingerprint density at radius 2 is 1.95 bits per heavy atom. The van der Waals surface area contributed by atoms with Crippen LogP contribution in [0, 0.1) is 12.7 Å². The highest BCUT2D eigenvalue weighted by molar-refractivity contribution is 9.10. The van der Waals surface area contributed by atoms with Crippen LogP contribution in [0.1, 0.15) is 24.3 Å². The van der Waals surface area contributed by atoms with Crippen LogP contribution in [0.3, 0.4) is 0 Å². The molecular weight excluding hydrogens is 333 g/mol. The lowest BCUT2D eigenvalue weighted by molar-refractivity contribution is 0.522. The molecule has 0 fully saturated rings. The number of fused-ring (bicyclic) bond motifs is 1. The minimum atomic E-state index is -0.284. The number of halogens is 2. The number of furan rings is 1. The van der Waals surface area contributed by atoms with Gasteiger partial charge in [-0.2, -0.15) is 0 Å². The predicted octanol–water partition coefficient (Wildman–Crippen LogP) is 5.82. The lowest BCUT2D eigenvalue weighted by Crippen LogP contribution is -2.07. The minimum Gasteiger partial charge on any atom is -0.459 e. The van der Waals surface area contributed by atoms with Gasteiger partial charge in [-0.05, 0) is 54.0 Å². The van der Waals surface area contributed by atoms with Gasteiger partial charge in [0.15, 0.2) is 0 Å². The van der Waals surface area contributed by atoms with Gasteiger partial charge in [-0.1, -0.05) is 18.2 Å². The van der Waals surface area contributed by atoms with E-state index >= 15 is 0 Å². The van der Waals surface area contributed by atoms with E-state index in [-0.39, 0.29) is 11.9 Å². The molecule has 0 aliphatic heterocycles. The Morgan fingerprint density at radius 3 is 2.67 bits per heavy atom. The van der Waals surface area contributed by atoms with E-state index in [1.54, 1.807) is 6.07 Å². The third kappa shape index (κ3) is 2.68. The van der Waals surface area contributed by atoms with Crippen LogP contribution in [0.2, 0.25) is 0 Å². The summed E-state index contributed by atoms with van der Waals surface area (Å²) in [6, 6.07) is 12.9. The van der Waals surface area contributed by atoms with E-state index in [9.17, 15) is 4.39 Å². The molecule has 0 bridgehead atoms. The van der Waals surface area contributed by atoms with Crippen LogP contribution in [0.4, 0.5) is 10.1 Å². The number of aryl methyl sites for hydroxylation is 1. The Bertz CT molecular complexity index is 797. The molecule has 2 nitrogen and oxygen atoms in total. The first kappa shape index (κ1) is 14.1. The van der Waals surface area contributed by atoms with E-state index in [4.69, 9.17) is 4.42 Å². The van der Waals surface area contributed by atoms with Crippen molar-refractivity contribution in [3.05, 3.63) is 64.1 Å². The predicted molar refractivity (Wildman–Crippen MR) is 87.1 cm³/mol. The molecular formula is C17H15BrFNO. The molecule has 108 valence electrons. The molecule has 4 heteroatoms. The van der Waals surface area contributed by atoms with Gasteiger partial charge < -0.3 is 9.73 Å². The van der Waals surface area contributed by atoms with Gasteiger partial charge in [0.2, 0.25) is 0 Å². The summed E-state index contributed by atoms with van der Waals surface area (Å²) < 4.78 is 19.9. The monoisotopic (exact) mass is 347 g/mol. The molecule has 0 radical (unpaired) electrons. The summed E-state index contributed by atoms with van der Waals surface area (Å²) in [5, 5.41) is 4.39. The van der Waals surface area contributed by atoms with Gasteiger partial charge in [0.05, 0.1) is 10.5 Å². The molecule has 3 rings (SSSR count). The average Bonchev–Trinajstić information content (AvgIpc) is 2.81. The molecule has 1 atom stereocenters. The van der Waals surface area contributed by atoms with Crippen molar-refractivity contribution < 1.29 is 8.81 Å². The summed E-state index contributed by atoms with van der Waals surface area (Å²) in [5.74, 6) is 0.591. The summed E-state index contributed by atoms with van der Waals surface area (Å²) in [6.07, 6.45) is 0. The summed E-state index contributed by atoms with van der Waals surface area (Å²) in [6.45, 7) is 4.05. The van der Waals surface area contributed by atoms with Crippen molar-refractivity contribution in [2.75, 3.05) is 5.32 Å². The largest absolute Gasteiger partial charge is 0.459 e. The van der Waals surface area contributed by atoms with E-state index in [1.807, 2.05) is 44.2 Å². The summed E-state index contributed by atoms with van der Waals surface area (Å²) in [7, 11) is 0. The minimum absolute atomic E-state index is 0.0435. The Kier molecular flexibility index (Phi) is 3.72. The highest BCUT2D eigenvalue weighted by Crippen LogP contribution is 2.31. The van der Waals surface area contributed by atoms with Crippen molar-refractivity contribution in [1.82, 2.24) is 0 Å². The maximum atomic E-state index is 13.6. The van der Waals surface area contributed by atoms with Crippen LogP contribution in [0.15, 0.2) is 51.4 Å². The third-order valence-corrected chi connectivity index (χ3v) is 4.22. The molecule has 1 N–H and O–H groups in total. The summed E-state index contributed by atoms with van der Waals surface area (Å²) in [4.78, 5) is 0. The van der Waals surface area contributed by atoms with Crippen molar-refractivity contribution in [2.45, 2.75) is 19.9 Å². The lowest BCUT2D eigenvalue weighted by atomic mass is 10.1. The fourth-order valence-corrected chi connectivity index (χ4v) is 2.75. The quantitative estimate of drug-likeness (QED) is 0.646. The molecule has 21 heavy (non-hydrogen) atoms. The van der Waals surface area contributed by atoms with Crippen LogP contribution in [-0.4, -0.2) is 0 Å². The van der Waals surface area contributed by atoms with E-state index in [2.05, 4.69) is 21.2 Å². The number of hydrogen-bond acceptors (Lipinski definition) is 2. The first-order valence-electron chi connectivity index (χ1n) is 6.76. The van der Waals surface area contributed by atoms with Gasteiger partial charge in [-0.15, -0.1) is 0 Å². The molecule has 3 aromatic rings. The third-order valence-electron chi connectivity index (χ3n) is 3.58. The zero-order valence-electron chi connectivity index (χ0n) is 11.8. The van der Waals surface area contributed by atoms with Gasteiger partial charge in [-0.25, -0.2) is 4.39 Å². The number of rotatable bonds is 3. The van der Waals surface area contributed by atoms with Crippen molar-refractivity contribution in [1.29, 1.82) is 0 Å². The molecule has 0 saturated carbocycles. The first-order valence-corrected chi connectivity index (χ1v) is 7.55. The second kappa shape index (κ2) is 5.53. The van der Waals surface area contributed by atoms with Gasteiger partial charge in [0, 0.05) is 16.6 Å². The lowest BCUT2D eigenvalue weighted by Gasteiger charge is -2.14. The molecule has 2 aromatic carbocycles. The standard InChI is InChI=1S/C17H15BrFNO/c1-10-13-5-3-4-6-16(13)21-17(10)11(2)20-12-7-8-14(18)15(19)9-12/h3-9,11,20H,1-2H3. The summed E-state index contributed by atoms with van der Waals surface area (Å²) >= 11 is 3.15. The number of para-hydroxylation sites is 1. The van der Waals surface area contributed by atoms with Crippen LogP contribution in [0.5, 0.6) is 0 Å². The molecule has 0 saturated heterocycles. The van der Waals surface area contributed by atoms with E-state index < -0.39 is 0 Å². The molecule has 0 spiro atoms. The zero-order chi connectivity index (χ0) is 15.0. The first-order chi connectivity index (χ1) is 10.1. The second-order valence-electron chi connectivity index (χ2n) is 5.08. The molecule has 0 amide bonds. The van der Waals surface area contributed by atoms with Crippen molar-refractivity contribution in [3.63, 3.8) is 0 Å². The van der Waals surface area contributed by atoms with Crippen LogP contribution in [-0.2, 0) is 0 Å². The molecule has 1 unspecified atom stereocenters. The van der Waals surface area contributed by atoms with E-state index in [0.29, 0.717) is 4.47 Å². The van der Waals surface area contributed by atoms with Gasteiger partial charge >= 0.3 is 0 Å². The molecule has 0 aliphatic rings. The molecule has 0 aliphatic carbocycles. The molecule has 1 aromatic heterocycles. The topological polar surface area (TPSA) is 25.2 Å². The SMILES string of the molecule is Cc1c(C(C)Nc2ccc(Br)c(F)c2)oc2ccccc12. The Morgan fingerprint density at radius 1 is 1.19 bits per heavy atom. The highest BCUT2D eigenvalue weighted by atomic mass is 79.9. The van der Waals surface area contributed by atoms with Gasteiger partial charge in [0.1, 0.15) is 17.2 Å². The maximum absolute atomic E-state index is 13.6. The normalized spacial score (nSPS) is 12.6. The van der Waals surface area contributed by atoms with Gasteiger partial charge in [0.25, 0.3) is 0 Å². The number of anilines is 1. The Balaban J connectivity index is 1.91. The van der Waals surface area contributed by atoms with Crippen LogP contribution in [0.25, 0.3) is 11.0 Å². The molecule has 1 heterocycles. The highest BCUT2D eigenvalue weighted by Gasteiger charge is 2.16. The maximum Gasteiger partial charge on any atom is 0.139 e. The van der Waals surface area contributed by atoms with Crippen LogP contribution >= 0.6 is 15.9 Å². The zero-order valence-corrected chi connectivity index (χ0v) is 13.4. The fraction of sp³-hybridized carbons (Fsp3) is 0.176. The van der Waals surface area contributed by atoms with E-state index in [0.717, 1.165) is 28.0 Å². The van der Waals surface area contributed by atoms with Crippen LogP contribution < -0.4 is 5.32 Å². The number of nitrogens with one attached hydrogen (secondary N) is 1. The second-order valence-corrected chi connectivity index (χ2v) is 5.94. The van der Waals surface area contributed by atoms with Crippen molar-refractivity contribution in [3.8, 4) is 0 Å². The smallest absolute Gasteiger partial charge is 0.139 e. The fourth-order valence-electron chi connectivity index (χ4n) is 2.51. The Hall–Kier alpha value is -1.81. The number of hydrogen-bond donors (Lipinski definition) is 1. The Labute approximate surface area is 131 Å². The van der Waals surface area contributed by atoms with E-state index in [1.165, 1.54) is 6.07 Å². The van der Waals surface area contributed by atoms with Gasteiger partial charge in [-0.3, -0.25) is 0 Å². The van der Waals surface area contributed by atoms with Crippen molar-refractivity contribution >= 4 is 32.6 Å². The number of benzene rings is 2. The van der Waals surface area contributed by atoms with Crippen molar-refractivity contribution in [2.24, 2.45) is 0 Å². The average molecular weight is 348 g/mol. The summed E-state index contributed by atoms with van der Waals surface area (Å²) in [5.41, 5.74) is 2.71.